The van der Waals surface area contributed by atoms with Gasteiger partial charge in [-0.1, -0.05) is 6.07 Å². The van der Waals surface area contributed by atoms with Crippen LogP contribution >= 0.6 is 0 Å². The van der Waals surface area contributed by atoms with Crippen LogP contribution in [0, 0.1) is 0 Å². The van der Waals surface area contributed by atoms with Crippen LogP contribution in [0.2, 0.25) is 0 Å². The lowest BCUT2D eigenvalue weighted by molar-refractivity contribution is -0.0578. The third-order valence-electron chi connectivity index (χ3n) is 8.21. The van der Waals surface area contributed by atoms with E-state index >= 15 is 0 Å². The number of hydrogen-bond acceptors (Lipinski definition) is 9. The molecule has 6 heterocycles. The molecule has 3 aromatic heterocycles. The summed E-state index contributed by atoms with van der Waals surface area (Å²) in [5.74, 6) is 0.382. The normalized spacial score (nSPS) is 29.4. The molecule has 4 N–H and O–H groups in total. The summed E-state index contributed by atoms with van der Waals surface area (Å²) in [7, 11) is 0. The number of aliphatic hydroxyl groups excluding tert-OH is 2. The highest BCUT2D eigenvalue weighted by atomic mass is 16.6. The third-order valence-corrected chi connectivity index (χ3v) is 8.21. The van der Waals surface area contributed by atoms with Crippen LogP contribution in [0.5, 0.6) is 0 Å². The first-order valence-electron chi connectivity index (χ1n) is 12.5. The molecule has 3 saturated heterocycles. The second-order valence-corrected chi connectivity index (χ2v) is 10.2. The number of nitrogens with zero attached hydrogens (tertiary/aromatic N) is 6. The highest BCUT2D eigenvalue weighted by Crippen LogP contribution is 2.41. The third kappa shape index (κ3) is 4.09. The van der Waals surface area contributed by atoms with Crippen LogP contribution in [-0.4, -0.2) is 89.6 Å². The summed E-state index contributed by atoms with van der Waals surface area (Å²) >= 11 is 0. The minimum atomic E-state index is -1.05. The van der Waals surface area contributed by atoms with Crippen molar-refractivity contribution >= 4 is 16.9 Å². The van der Waals surface area contributed by atoms with Gasteiger partial charge < -0.3 is 25.3 Å². The van der Waals surface area contributed by atoms with Crippen molar-refractivity contribution in [2.75, 3.05) is 31.9 Å². The van der Waals surface area contributed by atoms with Gasteiger partial charge >= 0.3 is 0 Å². The molecule has 3 fully saturated rings. The van der Waals surface area contributed by atoms with Crippen molar-refractivity contribution in [3.63, 3.8) is 0 Å². The second kappa shape index (κ2) is 9.11. The maximum absolute atomic E-state index is 10.9. The number of aliphatic hydroxyl groups is 2. The van der Waals surface area contributed by atoms with Gasteiger partial charge in [0, 0.05) is 50.3 Å². The number of aromatic nitrogens is 4. The van der Waals surface area contributed by atoms with E-state index in [0.29, 0.717) is 23.4 Å². The van der Waals surface area contributed by atoms with Gasteiger partial charge in [0.2, 0.25) is 0 Å². The number of anilines is 1. The van der Waals surface area contributed by atoms with E-state index in [2.05, 4.69) is 30.8 Å². The number of ether oxygens (including phenoxy) is 1. The van der Waals surface area contributed by atoms with Crippen LogP contribution in [0.3, 0.4) is 0 Å². The zero-order valence-corrected chi connectivity index (χ0v) is 19.8. The molecule has 3 aromatic rings. The van der Waals surface area contributed by atoms with Gasteiger partial charge in [0.05, 0.1) is 5.39 Å². The van der Waals surface area contributed by atoms with Crippen molar-refractivity contribution in [3.05, 3.63) is 48.7 Å². The lowest BCUT2D eigenvalue weighted by Gasteiger charge is -2.46. The zero-order valence-electron chi connectivity index (χ0n) is 19.8. The highest BCUT2D eigenvalue weighted by Gasteiger charge is 2.49. The summed E-state index contributed by atoms with van der Waals surface area (Å²) in [5, 5.41) is 22.5. The van der Waals surface area contributed by atoms with Gasteiger partial charge in [-0.25, -0.2) is 9.97 Å². The summed E-state index contributed by atoms with van der Waals surface area (Å²) in [6, 6.07) is 5.94. The molecule has 0 unspecified atom stereocenters. The molecular formula is C25H33N7O3. The van der Waals surface area contributed by atoms with Crippen molar-refractivity contribution in [2.24, 2.45) is 0 Å². The van der Waals surface area contributed by atoms with E-state index in [1.54, 1.807) is 10.8 Å². The largest absolute Gasteiger partial charge is 0.387 e. The van der Waals surface area contributed by atoms with E-state index in [-0.39, 0.29) is 5.54 Å². The Morgan fingerprint density at radius 2 is 1.94 bits per heavy atom. The molecule has 0 saturated carbocycles. The van der Waals surface area contributed by atoms with Crippen LogP contribution in [0.25, 0.3) is 11.0 Å². The molecule has 3 aliphatic heterocycles. The maximum atomic E-state index is 10.9. The second-order valence-electron chi connectivity index (χ2n) is 10.2. The molecule has 35 heavy (non-hydrogen) atoms. The Morgan fingerprint density at radius 3 is 2.74 bits per heavy atom. The SMILES string of the molecule is Nc1ncnc2c1ccn2[C@@H]1O[C@H](CN2CCCC23CCN(Cc2cccnc2)CC3)[C@@H](O)[C@H]1O. The van der Waals surface area contributed by atoms with Gasteiger partial charge in [0.25, 0.3) is 0 Å². The van der Waals surface area contributed by atoms with Crippen molar-refractivity contribution in [3.8, 4) is 0 Å². The Balaban J connectivity index is 1.13. The van der Waals surface area contributed by atoms with Crippen molar-refractivity contribution < 1.29 is 14.9 Å². The Bertz CT molecular complexity index is 1160. The fourth-order valence-corrected chi connectivity index (χ4v) is 6.25. The quantitative estimate of drug-likeness (QED) is 0.494. The van der Waals surface area contributed by atoms with Crippen LogP contribution in [-0.2, 0) is 11.3 Å². The first-order chi connectivity index (χ1) is 17.0. The van der Waals surface area contributed by atoms with Crippen molar-refractivity contribution in [1.82, 2.24) is 29.3 Å². The first-order valence-corrected chi connectivity index (χ1v) is 12.5. The van der Waals surface area contributed by atoms with E-state index in [9.17, 15) is 10.2 Å². The summed E-state index contributed by atoms with van der Waals surface area (Å²) in [6.07, 6.45) is 8.24. The van der Waals surface area contributed by atoms with E-state index in [1.807, 2.05) is 24.5 Å². The Labute approximate surface area is 204 Å². The number of rotatable bonds is 5. The van der Waals surface area contributed by atoms with E-state index in [4.69, 9.17) is 10.5 Å². The molecule has 10 nitrogen and oxygen atoms in total. The molecule has 4 atom stereocenters. The Hall–Kier alpha value is -2.63. The molecular weight excluding hydrogens is 446 g/mol. The molecule has 3 aliphatic rings. The summed E-state index contributed by atoms with van der Waals surface area (Å²) < 4.78 is 8.03. The fraction of sp³-hybridized carbons (Fsp3) is 0.560. The lowest BCUT2D eigenvalue weighted by Crippen LogP contribution is -2.54. The molecule has 10 heteroatoms. The minimum Gasteiger partial charge on any atom is -0.387 e. The van der Waals surface area contributed by atoms with E-state index in [0.717, 1.165) is 45.4 Å². The van der Waals surface area contributed by atoms with Gasteiger partial charge in [0.15, 0.2) is 6.23 Å². The van der Waals surface area contributed by atoms with Gasteiger partial charge in [-0.15, -0.1) is 0 Å². The topological polar surface area (TPSA) is 126 Å². The maximum Gasteiger partial charge on any atom is 0.164 e. The standard InChI is InChI=1S/C25H33N7O3/c26-22-18-4-10-32(23(18)29-16-28-22)24-21(34)20(33)19(35-24)15-31-9-2-5-25(31)6-11-30(12-7-25)14-17-3-1-8-27-13-17/h1,3-4,8,10,13,16,19-21,24,33-34H,2,5-7,9,11-12,14-15H2,(H2,26,28,29)/t19-,20-,21-,24-/m1/s1. The molecule has 186 valence electrons. The van der Waals surface area contributed by atoms with Crippen LogP contribution in [0.15, 0.2) is 43.1 Å². The van der Waals surface area contributed by atoms with Gasteiger partial charge in [-0.05, 0) is 49.9 Å². The summed E-state index contributed by atoms with van der Waals surface area (Å²) in [6.45, 7) is 4.61. The van der Waals surface area contributed by atoms with Gasteiger partial charge in [0.1, 0.15) is 36.1 Å². The number of hydrogen-bond donors (Lipinski definition) is 3. The average Bonchev–Trinajstić information content (AvgIpc) is 3.55. The van der Waals surface area contributed by atoms with Crippen LogP contribution in [0.4, 0.5) is 5.82 Å². The zero-order chi connectivity index (χ0) is 24.0. The summed E-state index contributed by atoms with van der Waals surface area (Å²) in [4.78, 5) is 17.6. The molecule has 0 aromatic carbocycles. The number of nitrogen functional groups attached to an aromatic ring is 1. The van der Waals surface area contributed by atoms with Crippen LogP contribution < -0.4 is 5.73 Å². The molecule has 6 rings (SSSR count). The molecule has 1 spiro atoms. The van der Waals surface area contributed by atoms with E-state index < -0.39 is 24.5 Å². The predicted molar refractivity (Wildman–Crippen MR) is 130 cm³/mol. The number of piperidine rings is 1. The Kier molecular flexibility index (Phi) is 5.93. The molecule has 0 radical (unpaired) electrons. The van der Waals surface area contributed by atoms with Crippen molar-refractivity contribution in [2.45, 2.75) is 62.3 Å². The van der Waals surface area contributed by atoms with Crippen molar-refractivity contribution in [1.29, 1.82) is 0 Å². The van der Waals surface area contributed by atoms with Crippen LogP contribution in [0.1, 0.15) is 37.5 Å². The summed E-state index contributed by atoms with van der Waals surface area (Å²) in [5.41, 5.74) is 7.95. The molecule has 0 amide bonds. The molecule has 0 bridgehead atoms. The number of nitrogens with two attached hydrogens (primary N) is 1. The number of fused-ring (bicyclic) bond motifs is 1. The smallest absolute Gasteiger partial charge is 0.164 e. The Morgan fingerprint density at radius 1 is 1.09 bits per heavy atom. The highest BCUT2D eigenvalue weighted by molar-refractivity contribution is 5.86. The predicted octanol–water partition coefficient (Wildman–Crippen LogP) is 1.16. The van der Waals surface area contributed by atoms with Gasteiger partial charge in [-0.3, -0.25) is 14.8 Å². The lowest BCUT2D eigenvalue weighted by atomic mass is 9.84. The monoisotopic (exact) mass is 479 g/mol. The van der Waals surface area contributed by atoms with E-state index in [1.165, 1.54) is 18.3 Å². The molecule has 0 aliphatic carbocycles. The minimum absolute atomic E-state index is 0.138. The number of pyridine rings is 1. The fourth-order valence-electron chi connectivity index (χ4n) is 6.25. The first kappa shape index (κ1) is 22.8. The average molecular weight is 480 g/mol. The number of likely N-dealkylation sites (tertiary alicyclic amines) is 2. The van der Waals surface area contributed by atoms with Gasteiger partial charge in [-0.2, -0.15) is 0 Å².